The van der Waals surface area contributed by atoms with Crippen LogP contribution in [0.2, 0.25) is 0 Å². The van der Waals surface area contributed by atoms with Crippen molar-refractivity contribution in [2.75, 3.05) is 39.4 Å². The van der Waals surface area contributed by atoms with Crippen LogP contribution in [0.4, 0.5) is 9.59 Å². The van der Waals surface area contributed by atoms with Gasteiger partial charge in [-0.25, -0.2) is 9.59 Å². The maximum atomic E-state index is 11.5. The van der Waals surface area contributed by atoms with Crippen molar-refractivity contribution in [1.29, 1.82) is 0 Å². The van der Waals surface area contributed by atoms with Gasteiger partial charge in [0, 0.05) is 31.9 Å². The van der Waals surface area contributed by atoms with E-state index in [9.17, 15) is 14.4 Å². The fraction of sp³-hybridized carbons (Fsp3) is 0.526. The van der Waals surface area contributed by atoms with Crippen molar-refractivity contribution >= 4 is 18.1 Å². The molecule has 158 valence electrons. The molecule has 0 spiro atoms. The smallest absolute Gasteiger partial charge is 0.407 e. The standard InChI is InChI=1S/C19H32N4O5/c1-5-16(4)20-9-11-22-18(25)27-13-7-15(3)8-14-28-19(26)23-12-10-21-17(24)6-2/h5-6,15,20H,1-2,4,7-14H2,3H3,(H,21,24)(H,22,25)(H,23,26). The van der Waals surface area contributed by atoms with Crippen LogP contribution >= 0.6 is 0 Å². The molecule has 0 rings (SSSR count). The fourth-order valence-electron chi connectivity index (χ4n) is 1.83. The van der Waals surface area contributed by atoms with E-state index < -0.39 is 12.2 Å². The Hall–Kier alpha value is -2.97. The molecule has 9 heteroatoms. The lowest BCUT2D eigenvalue weighted by Crippen LogP contribution is -2.34. The number of carbonyl (C=O) groups is 3. The second-order valence-corrected chi connectivity index (χ2v) is 5.96. The van der Waals surface area contributed by atoms with E-state index in [0.29, 0.717) is 38.2 Å². The first-order chi connectivity index (χ1) is 13.4. The van der Waals surface area contributed by atoms with Gasteiger partial charge in [0.1, 0.15) is 0 Å². The zero-order valence-electron chi connectivity index (χ0n) is 16.6. The van der Waals surface area contributed by atoms with Crippen LogP contribution in [0.1, 0.15) is 19.8 Å². The molecule has 0 radical (unpaired) electrons. The molecule has 0 aromatic heterocycles. The van der Waals surface area contributed by atoms with E-state index in [1.54, 1.807) is 6.08 Å². The second kappa shape index (κ2) is 16.2. The van der Waals surface area contributed by atoms with Crippen LogP contribution in [-0.2, 0) is 14.3 Å². The zero-order chi connectivity index (χ0) is 21.2. The Morgan fingerprint density at radius 2 is 1.29 bits per heavy atom. The van der Waals surface area contributed by atoms with Gasteiger partial charge in [0.2, 0.25) is 5.91 Å². The highest BCUT2D eigenvalue weighted by atomic mass is 16.6. The Balaban J connectivity index is 3.59. The molecule has 0 aliphatic carbocycles. The molecule has 28 heavy (non-hydrogen) atoms. The molecule has 0 heterocycles. The topological polar surface area (TPSA) is 118 Å². The Kier molecular flexibility index (Phi) is 14.5. The number of nitrogens with one attached hydrogen (secondary N) is 4. The molecule has 0 bridgehead atoms. The van der Waals surface area contributed by atoms with Gasteiger partial charge in [-0.15, -0.1) is 0 Å². The normalized spacial score (nSPS) is 10.8. The molecular weight excluding hydrogens is 364 g/mol. The summed E-state index contributed by atoms with van der Waals surface area (Å²) in [5, 5.41) is 10.6. The molecule has 1 unspecified atom stereocenters. The predicted molar refractivity (Wildman–Crippen MR) is 108 cm³/mol. The summed E-state index contributed by atoms with van der Waals surface area (Å²) < 4.78 is 10.1. The molecule has 3 amide bonds. The van der Waals surface area contributed by atoms with Crippen molar-refractivity contribution in [1.82, 2.24) is 21.3 Å². The third kappa shape index (κ3) is 15.3. The minimum atomic E-state index is -0.538. The third-order valence-corrected chi connectivity index (χ3v) is 3.56. The van der Waals surface area contributed by atoms with Gasteiger partial charge in [-0.3, -0.25) is 4.79 Å². The van der Waals surface area contributed by atoms with Gasteiger partial charge < -0.3 is 30.7 Å². The van der Waals surface area contributed by atoms with Crippen molar-refractivity contribution in [3.8, 4) is 0 Å². The van der Waals surface area contributed by atoms with Crippen molar-refractivity contribution in [3.63, 3.8) is 0 Å². The molecule has 0 saturated carbocycles. The average Bonchev–Trinajstić information content (AvgIpc) is 2.68. The van der Waals surface area contributed by atoms with E-state index in [-0.39, 0.29) is 31.6 Å². The summed E-state index contributed by atoms with van der Waals surface area (Å²) in [6, 6.07) is 0. The Labute approximate surface area is 166 Å². The first-order valence-electron chi connectivity index (χ1n) is 9.15. The molecule has 0 saturated heterocycles. The molecule has 1 atom stereocenters. The Morgan fingerprint density at radius 3 is 1.75 bits per heavy atom. The van der Waals surface area contributed by atoms with Gasteiger partial charge in [-0.05, 0) is 30.9 Å². The van der Waals surface area contributed by atoms with Gasteiger partial charge in [0.05, 0.1) is 13.2 Å². The lowest BCUT2D eigenvalue weighted by Gasteiger charge is -2.13. The number of ether oxygens (including phenoxy) is 2. The first-order valence-corrected chi connectivity index (χ1v) is 9.15. The van der Waals surface area contributed by atoms with E-state index >= 15 is 0 Å². The minimum absolute atomic E-state index is 0.227. The van der Waals surface area contributed by atoms with Crippen LogP contribution in [0.5, 0.6) is 0 Å². The largest absolute Gasteiger partial charge is 0.450 e. The number of allylic oxidation sites excluding steroid dienone is 1. The number of amides is 3. The van der Waals surface area contributed by atoms with Gasteiger partial charge in [0.25, 0.3) is 0 Å². The minimum Gasteiger partial charge on any atom is -0.450 e. The summed E-state index contributed by atoms with van der Waals surface area (Å²) in [5.74, 6) is -0.0692. The average molecular weight is 396 g/mol. The molecule has 0 aliphatic rings. The monoisotopic (exact) mass is 396 g/mol. The lowest BCUT2D eigenvalue weighted by molar-refractivity contribution is -0.116. The number of carbonyl (C=O) groups excluding carboxylic acids is 3. The Morgan fingerprint density at radius 1 is 0.821 bits per heavy atom. The highest BCUT2D eigenvalue weighted by Crippen LogP contribution is 2.07. The molecule has 0 aliphatic heterocycles. The molecule has 4 N–H and O–H groups in total. The van der Waals surface area contributed by atoms with Crippen LogP contribution in [0.25, 0.3) is 0 Å². The maximum Gasteiger partial charge on any atom is 0.407 e. The summed E-state index contributed by atoms with van der Waals surface area (Å²) >= 11 is 0. The van der Waals surface area contributed by atoms with Crippen molar-refractivity contribution < 1.29 is 23.9 Å². The Bertz CT molecular complexity index is 490. The van der Waals surface area contributed by atoms with Gasteiger partial charge in [-0.2, -0.15) is 0 Å². The maximum absolute atomic E-state index is 11.5. The number of rotatable bonds is 15. The molecule has 0 fully saturated rings. The molecule has 9 nitrogen and oxygen atoms in total. The third-order valence-electron chi connectivity index (χ3n) is 3.56. The summed E-state index contributed by atoms with van der Waals surface area (Å²) in [7, 11) is 0. The van der Waals surface area contributed by atoms with Crippen LogP contribution in [0, 0.1) is 5.92 Å². The van der Waals surface area contributed by atoms with Crippen LogP contribution in [0.15, 0.2) is 37.6 Å². The van der Waals surface area contributed by atoms with Crippen LogP contribution < -0.4 is 21.3 Å². The van der Waals surface area contributed by atoms with Crippen molar-refractivity contribution in [2.24, 2.45) is 5.92 Å². The highest BCUT2D eigenvalue weighted by molar-refractivity contribution is 5.86. The SMILES string of the molecule is C=CC(=C)NCCNC(=O)OCCC(C)CCOC(=O)NCCNC(=O)C=C. The number of alkyl carbamates (subject to hydrolysis) is 2. The quantitative estimate of drug-likeness (QED) is 0.189. The van der Waals surface area contributed by atoms with Crippen LogP contribution in [0.3, 0.4) is 0 Å². The van der Waals surface area contributed by atoms with Crippen molar-refractivity contribution in [2.45, 2.75) is 19.8 Å². The first kappa shape index (κ1) is 25.0. The summed E-state index contributed by atoms with van der Waals surface area (Å²) in [5.41, 5.74) is 0.694. The summed E-state index contributed by atoms with van der Waals surface area (Å²) in [4.78, 5) is 33.9. The number of hydrogen-bond donors (Lipinski definition) is 4. The van der Waals surface area contributed by atoms with E-state index in [4.69, 9.17) is 9.47 Å². The van der Waals surface area contributed by atoms with E-state index in [1.807, 2.05) is 6.92 Å². The fourth-order valence-corrected chi connectivity index (χ4v) is 1.83. The lowest BCUT2D eigenvalue weighted by atomic mass is 10.1. The predicted octanol–water partition coefficient (Wildman–Crippen LogP) is 1.45. The van der Waals surface area contributed by atoms with Crippen LogP contribution in [-0.4, -0.2) is 57.5 Å². The molecule has 0 aromatic rings. The molecule has 0 aromatic carbocycles. The van der Waals surface area contributed by atoms with E-state index in [2.05, 4.69) is 41.0 Å². The van der Waals surface area contributed by atoms with Gasteiger partial charge in [-0.1, -0.05) is 26.7 Å². The van der Waals surface area contributed by atoms with Gasteiger partial charge >= 0.3 is 12.2 Å². The highest BCUT2D eigenvalue weighted by Gasteiger charge is 2.07. The van der Waals surface area contributed by atoms with Gasteiger partial charge in [0.15, 0.2) is 0 Å². The second-order valence-electron chi connectivity index (χ2n) is 5.96. The summed E-state index contributed by atoms with van der Waals surface area (Å²) in [6.07, 6.45) is 3.06. The van der Waals surface area contributed by atoms with E-state index in [1.165, 1.54) is 0 Å². The zero-order valence-corrected chi connectivity index (χ0v) is 16.6. The van der Waals surface area contributed by atoms with Crippen molar-refractivity contribution in [3.05, 3.63) is 37.6 Å². The number of hydrogen-bond acceptors (Lipinski definition) is 6. The summed E-state index contributed by atoms with van der Waals surface area (Å²) in [6.45, 7) is 14.6. The van der Waals surface area contributed by atoms with E-state index in [0.717, 1.165) is 6.08 Å². The molecular formula is C19H32N4O5.